The minimum atomic E-state index is -3.98. The van der Waals surface area contributed by atoms with Gasteiger partial charge in [-0.1, -0.05) is 12.1 Å². The van der Waals surface area contributed by atoms with E-state index in [1.807, 2.05) is 0 Å². The molecule has 1 aliphatic rings. The minimum Gasteiger partial charge on any atom is -0.477 e. The third-order valence-electron chi connectivity index (χ3n) is 4.47. The van der Waals surface area contributed by atoms with Crippen LogP contribution in [-0.4, -0.2) is 63.1 Å². The Morgan fingerprint density at radius 3 is 2.55 bits per heavy atom. The Bertz CT molecular complexity index is 1120. The highest BCUT2D eigenvalue weighted by Crippen LogP contribution is 2.31. The molecule has 1 heterocycles. The van der Waals surface area contributed by atoms with Gasteiger partial charge >= 0.3 is 12.3 Å². The van der Waals surface area contributed by atoms with Crippen molar-refractivity contribution in [3.8, 4) is 11.5 Å². The second-order valence-corrected chi connectivity index (χ2v) is 8.55. The number of rotatable bonds is 9. The first-order valence-electron chi connectivity index (χ1n) is 9.51. The van der Waals surface area contributed by atoms with Crippen LogP contribution in [-0.2, 0) is 19.6 Å². The van der Waals surface area contributed by atoms with Crippen LogP contribution in [0.3, 0.4) is 0 Å². The third-order valence-corrected chi connectivity index (χ3v) is 6.37. The van der Waals surface area contributed by atoms with Crippen LogP contribution in [0.1, 0.15) is 0 Å². The molecule has 0 saturated carbocycles. The summed E-state index contributed by atoms with van der Waals surface area (Å²) in [5, 5.41) is 13.8. The summed E-state index contributed by atoms with van der Waals surface area (Å²) in [6.07, 6.45) is 0. The average Bonchev–Trinajstić information content (AvgIpc) is 2.79. The normalized spacial score (nSPS) is 14.6. The quantitative estimate of drug-likeness (QED) is 0.420. The third kappa shape index (κ3) is 6.12. The number of ether oxygens (including phenoxy) is 3. The molecule has 0 spiro atoms. The van der Waals surface area contributed by atoms with E-state index in [2.05, 4.69) is 10.1 Å². The van der Waals surface area contributed by atoms with Crippen LogP contribution < -0.4 is 14.8 Å². The summed E-state index contributed by atoms with van der Waals surface area (Å²) in [6.45, 7) is -3.16. The highest BCUT2D eigenvalue weighted by molar-refractivity contribution is 7.89. The molecular formula is C19H19F2N3O8S. The zero-order valence-corrected chi connectivity index (χ0v) is 17.8. The van der Waals surface area contributed by atoms with Gasteiger partial charge in [-0.2, -0.15) is 13.1 Å². The molecule has 0 atom stereocenters. The van der Waals surface area contributed by atoms with Crippen molar-refractivity contribution < 1.29 is 41.1 Å². The van der Waals surface area contributed by atoms with E-state index in [1.165, 1.54) is 24.3 Å². The predicted molar refractivity (Wildman–Crippen MR) is 110 cm³/mol. The summed E-state index contributed by atoms with van der Waals surface area (Å²) in [5.41, 5.74) is -0.702. The molecule has 1 amide bonds. The van der Waals surface area contributed by atoms with E-state index in [9.17, 15) is 32.1 Å². The lowest BCUT2D eigenvalue weighted by Crippen LogP contribution is -2.40. The first-order valence-corrected chi connectivity index (χ1v) is 11.0. The number of morpholine rings is 1. The second kappa shape index (κ2) is 10.5. The molecule has 33 heavy (non-hydrogen) atoms. The van der Waals surface area contributed by atoms with E-state index in [4.69, 9.17) is 9.47 Å². The number of carbonyl (C=O) groups excluding carboxylic acids is 1. The number of anilines is 1. The number of nitrogens with one attached hydrogen (secondary N) is 1. The number of carbonyl (C=O) groups is 1. The van der Waals surface area contributed by atoms with Crippen LogP contribution in [0.15, 0.2) is 47.4 Å². The van der Waals surface area contributed by atoms with E-state index < -0.39 is 39.8 Å². The van der Waals surface area contributed by atoms with E-state index in [0.717, 1.165) is 22.5 Å². The van der Waals surface area contributed by atoms with Crippen molar-refractivity contribution in [2.24, 2.45) is 0 Å². The van der Waals surface area contributed by atoms with Gasteiger partial charge in [-0.3, -0.25) is 14.9 Å². The first-order chi connectivity index (χ1) is 15.7. The average molecular weight is 487 g/mol. The molecule has 2 aromatic carbocycles. The van der Waals surface area contributed by atoms with Crippen LogP contribution in [0.25, 0.3) is 0 Å². The summed E-state index contributed by atoms with van der Waals surface area (Å²) in [7, 11) is -3.98. The molecule has 0 aromatic heterocycles. The molecule has 14 heteroatoms. The summed E-state index contributed by atoms with van der Waals surface area (Å²) >= 11 is 0. The number of alkyl halides is 2. The van der Waals surface area contributed by atoms with Crippen molar-refractivity contribution in [3.05, 3.63) is 52.6 Å². The SMILES string of the molecule is O=C(COc1ccc(S(=O)(=O)N2CCOCC2)cc1[N+](=O)[O-])Nc1ccccc1OC(F)F. The van der Waals surface area contributed by atoms with E-state index in [0.29, 0.717) is 0 Å². The molecule has 1 N–H and O–H groups in total. The Labute approximate surface area is 187 Å². The van der Waals surface area contributed by atoms with Crippen LogP contribution in [0.4, 0.5) is 20.2 Å². The van der Waals surface area contributed by atoms with Gasteiger partial charge in [-0.05, 0) is 24.3 Å². The Morgan fingerprint density at radius 1 is 1.18 bits per heavy atom. The van der Waals surface area contributed by atoms with E-state index >= 15 is 0 Å². The van der Waals surface area contributed by atoms with Crippen molar-refractivity contribution in [3.63, 3.8) is 0 Å². The number of nitrogens with zero attached hydrogens (tertiary/aromatic N) is 2. The topological polar surface area (TPSA) is 137 Å². The van der Waals surface area contributed by atoms with Gasteiger partial charge in [0.05, 0.1) is 28.7 Å². The fraction of sp³-hybridized carbons (Fsp3) is 0.316. The first kappa shape index (κ1) is 24.3. The van der Waals surface area contributed by atoms with Crippen molar-refractivity contribution in [2.45, 2.75) is 11.5 Å². The standard InChI is InChI=1S/C19H19F2N3O8S/c20-19(21)32-16-4-2-1-3-14(16)22-18(25)12-31-17-6-5-13(11-15(17)24(26)27)33(28,29)23-7-9-30-10-8-23/h1-6,11,19H,7-10,12H2,(H,22,25). The monoisotopic (exact) mass is 487 g/mol. The molecule has 3 rings (SSSR count). The maximum Gasteiger partial charge on any atom is 0.387 e. The van der Waals surface area contributed by atoms with Crippen molar-refractivity contribution in [1.82, 2.24) is 4.31 Å². The smallest absolute Gasteiger partial charge is 0.387 e. The number of sulfonamides is 1. The maximum absolute atomic E-state index is 12.7. The lowest BCUT2D eigenvalue weighted by molar-refractivity contribution is -0.386. The molecule has 1 saturated heterocycles. The zero-order chi connectivity index (χ0) is 24.0. The van der Waals surface area contributed by atoms with Crippen LogP contribution in [0.5, 0.6) is 11.5 Å². The molecule has 178 valence electrons. The minimum absolute atomic E-state index is 0.0483. The lowest BCUT2D eigenvalue weighted by Gasteiger charge is -2.26. The Kier molecular flexibility index (Phi) is 7.73. The number of amides is 1. The molecule has 2 aromatic rings. The van der Waals surface area contributed by atoms with Gasteiger partial charge in [0.25, 0.3) is 5.91 Å². The van der Waals surface area contributed by atoms with Gasteiger partial charge in [-0.25, -0.2) is 8.42 Å². The van der Waals surface area contributed by atoms with Gasteiger partial charge in [0.1, 0.15) is 5.75 Å². The molecule has 11 nitrogen and oxygen atoms in total. The van der Waals surface area contributed by atoms with Crippen LogP contribution >= 0.6 is 0 Å². The van der Waals surface area contributed by atoms with E-state index in [-0.39, 0.29) is 48.4 Å². The molecule has 1 aliphatic heterocycles. The molecule has 1 fully saturated rings. The summed E-state index contributed by atoms with van der Waals surface area (Å²) in [4.78, 5) is 22.5. The number of nitro groups is 1. The van der Waals surface area contributed by atoms with Gasteiger partial charge in [0, 0.05) is 19.2 Å². The summed E-state index contributed by atoms with van der Waals surface area (Å²) in [5.74, 6) is -1.42. The Hall–Kier alpha value is -3.36. The molecular weight excluding hydrogens is 468 g/mol. The Balaban J connectivity index is 1.72. The van der Waals surface area contributed by atoms with Crippen LogP contribution in [0, 0.1) is 10.1 Å². The number of nitro benzene ring substituents is 1. The number of benzene rings is 2. The fourth-order valence-electron chi connectivity index (χ4n) is 2.96. The second-order valence-electron chi connectivity index (χ2n) is 6.61. The Morgan fingerprint density at radius 2 is 1.88 bits per heavy atom. The van der Waals surface area contributed by atoms with Gasteiger partial charge in [0.15, 0.2) is 12.4 Å². The summed E-state index contributed by atoms with van der Waals surface area (Å²) < 4.78 is 66.2. The molecule has 0 unspecified atom stereocenters. The van der Waals surface area contributed by atoms with Gasteiger partial charge < -0.3 is 19.5 Å². The number of hydrogen-bond acceptors (Lipinski definition) is 8. The molecule has 0 aliphatic carbocycles. The number of para-hydroxylation sites is 2. The molecule has 0 bridgehead atoms. The number of halogens is 2. The summed E-state index contributed by atoms with van der Waals surface area (Å²) in [6, 6.07) is 8.52. The molecule has 0 radical (unpaired) electrons. The maximum atomic E-state index is 12.7. The lowest BCUT2D eigenvalue weighted by atomic mass is 10.3. The highest BCUT2D eigenvalue weighted by Gasteiger charge is 2.29. The zero-order valence-electron chi connectivity index (χ0n) is 17.0. The van der Waals surface area contributed by atoms with Gasteiger partial charge in [-0.15, -0.1) is 0 Å². The number of hydrogen-bond donors (Lipinski definition) is 1. The van der Waals surface area contributed by atoms with Crippen molar-refractivity contribution in [2.75, 3.05) is 38.2 Å². The van der Waals surface area contributed by atoms with E-state index in [1.54, 1.807) is 0 Å². The van der Waals surface area contributed by atoms with Gasteiger partial charge in [0.2, 0.25) is 10.0 Å². The van der Waals surface area contributed by atoms with Crippen molar-refractivity contribution >= 4 is 27.3 Å². The van der Waals surface area contributed by atoms with Crippen LogP contribution in [0.2, 0.25) is 0 Å². The largest absolute Gasteiger partial charge is 0.477 e. The van der Waals surface area contributed by atoms with Crippen molar-refractivity contribution in [1.29, 1.82) is 0 Å². The highest BCUT2D eigenvalue weighted by atomic mass is 32.2. The predicted octanol–water partition coefficient (Wildman–Crippen LogP) is 2.23. The fourth-order valence-corrected chi connectivity index (χ4v) is 4.39.